The van der Waals surface area contributed by atoms with Gasteiger partial charge in [0.15, 0.2) is 0 Å². The summed E-state index contributed by atoms with van der Waals surface area (Å²) in [4.78, 5) is 0. The van der Waals surface area contributed by atoms with Gasteiger partial charge in [-0.25, -0.2) is 0 Å². The predicted octanol–water partition coefficient (Wildman–Crippen LogP) is 3.28. The molecule has 1 rings (SSSR count). The molecule has 0 spiro atoms. The van der Waals surface area contributed by atoms with E-state index < -0.39 is 0 Å². The lowest BCUT2D eigenvalue weighted by molar-refractivity contribution is 0.186. The molecular formula is C12H22O. The predicted molar refractivity (Wildman–Crippen MR) is 56.6 cm³/mol. The van der Waals surface area contributed by atoms with E-state index >= 15 is 0 Å². The zero-order valence-electron chi connectivity index (χ0n) is 8.71. The van der Waals surface area contributed by atoms with Crippen LogP contribution in [0.25, 0.3) is 0 Å². The Morgan fingerprint density at radius 2 is 2.00 bits per heavy atom. The molecule has 0 bridgehead atoms. The van der Waals surface area contributed by atoms with Crippen LogP contribution in [0.15, 0.2) is 12.2 Å². The highest BCUT2D eigenvalue weighted by molar-refractivity contribution is 4.89. The summed E-state index contributed by atoms with van der Waals surface area (Å²) in [6, 6.07) is 0. The summed E-state index contributed by atoms with van der Waals surface area (Å²) in [7, 11) is 0. The van der Waals surface area contributed by atoms with Crippen LogP contribution >= 0.6 is 0 Å². The van der Waals surface area contributed by atoms with Crippen LogP contribution in [0.4, 0.5) is 0 Å². The Hall–Kier alpha value is -0.300. The molecule has 1 unspecified atom stereocenters. The topological polar surface area (TPSA) is 20.2 Å². The number of aliphatic hydroxyl groups excluding tert-OH is 1. The standard InChI is InChI=1S/C12H22O/c1-11(13)7-5-6-10-12-8-3-2-4-9-12/h6,10-13H,2-5,7-9H2,1H3/b10-6-. The van der Waals surface area contributed by atoms with Crippen molar-refractivity contribution in [1.29, 1.82) is 0 Å². The third-order valence-electron chi connectivity index (χ3n) is 2.81. The van der Waals surface area contributed by atoms with Gasteiger partial charge in [-0.2, -0.15) is 0 Å². The lowest BCUT2D eigenvalue weighted by Crippen LogP contribution is -2.02. The zero-order valence-corrected chi connectivity index (χ0v) is 8.71. The van der Waals surface area contributed by atoms with E-state index in [4.69, 9.17) is 5.11 Å². The van der Waals surface area contributed by atoms with Crippen molar-refractivity contribution in [2.24, 2.45) is 5.92 Å². The monoisotopic (exact) mass is 182 g/mol. The maximum Gasteiger partial charge on any atom is 0.0515 e. The van der Waals surface area contributed by atoms with Crippen LogP contribution in [0.1, 0.15) is 51.9 Å². The van der Waals surface area contributed by atoms with Gasteiger partial charge in [0.25, 0.3) is 0 Å². The Labute approximate surface area is 81.9 Å². The highest BCUT2D eigenvalue weighted by Gasteiger charge is 2.09. The molecule has 0 aromatic carbocycles. The van der Waals surface area contributed by atoms with Crippen LogP contribution in [0, 0.1) is 5.92 Å². The van der Waals surface area contributed by atoms with Crippen LogP contribution in [0.2, 0.25) is 0 Å². The Kier molecular flexibility index (Phi) is 5.14. The minimum Gasteiger partial charge on any atom is -0.393 e. The van der Waals surface area contributed by atoms with E-state index in [2.05, 4.69) is 12.2 Å². The Bertz CT molecular complexity index is 143. The Morgan fingerprint density at radius 1 is 1.31 bits per heavy atom. The van der Waals surface area contributed by atoms with Crippen LogP contribution in [-0.2, 0) is 0 Å². The summed E-state index contributed by atoms with van der Waals surface area (Å²) in [6.45, 7) is 1.86. The molecule has 1 nitrogen and oxygen atoms in total. The quantitative estimate of drug-likeness (QED) is 0.661. The molecule has 13 heavy (non-hydrogen) atoms. The summed E-state index contributed by atoms with van der Waals surface area (Å²) < 4.78 is 0. The fourth-order valence-corrected chi connectivity index (χ4v) is 1.95. The lowest BCUT2D eigenvalue weighted by atomic mass is 9.89. The van der Waals surface area contributed by atoms with E-state index in [-0.39, 0.29) is 6.10 Å². The van der Waals surface area contributed by atoms with Gasteiger partial charge in [-0.1, -0.05) is 31.4 Å². The first-order chi connectivity index (χ1) is 6.29. The normalized spacial score (nSPS) is 22.3. The molecule has 1 N–H and O–H groups in total. The smallest absolute Gasteiger partial charge is 0.0515 e. The van der Waals surface area contributed by atoms with E-state index in [1.807, 2.05) is 6.92 Å². The third-order valence-corrected chi connectivity index (χ3v) is 2.81. The van der Waals surface area contributed by atoms with Crippen molar-refractivity contribution < 1.29 is 5.11 Å². The van der Waals surface area contributed by atoms with Crippen molar-refractivity contribution in [2.45, 2.75) is 58.0 Å². The van der Waals surface area contributed by atoms with E-state index in [0.29, 0.717) is 0 Å². The fourth-order valence-electron chi connectivity index (χ4n) is 1.95. The highest BCUT2D eigenvalue weighted by atomic mass is 16.3. The van der Waals surface area contributed by atoms with Crippen molar-refractivity contribution >= 4 is 0 Å². The molecule has 0 heterocycles. The molecule has 1 atom stereocenters. The van der Waals surface area contributed by atoms with Gasteiger partial charge in [0.2, 0.25) is 0 Å². The van der Waals surface area contributed by atoms with Crippen LogP contribution in [0.5, 0.6) is 0 Å². The van der Waals surface area contributed by atoms with E-state index in [9.17, 15) is 0 Å². The fraction of sp³-hybridized carbons (Fsp3) is 0.833. The van der Waals surface area contributed by atoms with Crippen molar-refractivity contribution in [2.75, 3.05) is 0 Å². The first-order valence-corrected chi connectivity index (χ1v) is 5.64. The SMILES string of the molecule is CC(O)CC/C=C\C1CCCCC1. The molecular weight excluding hydrogens is 160 g/mol. The van der Waals surface area contributed by atoms with Gasteiger partial charge in [-0.05, 0) is 38.5 Å². The van der Waals surface area contributed by atoms with E-state index in [0.717, 1.165) is 18.8 Å². The van der Waals surface area contributed by atoms with Gasteiger partial charge in [-0.15, -0.1) is 0 Å². The number of rotatable bonds is 4. The summed E-state index contributed by atoms with van der Waals surface area (Å²) in [5.74, 6) is 0.836. The van der Waals surface area contributed by atoms with Gasteiger partial charge in [0.05, 0.1) is 6.10 Å². The first kappa shape index (κ1) is 10.8. The first-order valence-electron chi connectivity index (χ1n) is 5.64. The summed E-state index contributed by atoms with van der Waals surface area (Å²) in [5, 5.41) is 9.06. The average Bonchev–Trinajstić information content (AvgIpc) is 2.14. The second-order valence-corrected chi connectivity index (χ2v) is 4.25. The molecule has 1 fully saturated rings. The summed E-state index contributed by atoms with van der Waals surface area (Å²) >= 11 is 0. The Morgan fingerprint density at radius 3 is 2.62 bits per heavy atom. The van der Waals surface area contributed by atoms with Gasteiger partial charge in [0, 0.05) is 0 Å². The van der Waals surface area contributed by atoms with E-state index in [1.54, 1.807) is 0 Å². The molecule has 0 amide bonds. The minimum atomic E-state index is -0.143. The average molecular weight is 182 g/mol. The van der Waals surface area contributed by atoms with Crippen molar-refractivity contribution in [1.82, 2.24) is 0 Å². The van der Waals surface area contributed by atoms with Crippen molar-refractivity contribution in [3.8, 4) is 0 Å². The minimum absolute atomic E-state index is 0.143. The zero-order chi connectivity index (χ0) is 9.52. The number of aliphatic hydroxyl groups is 1. The van der Waals surface area contributed by atoms with Crippen LogP contribution in [-0.4, -0.2) is 11.2 Å². The molecule has 1 aliphatic rings. The molecule has 0 aromatic heterocycles. The van der Waals surface area contributed by atoms with Crippen molar-refractivity contribution in [3.05, 3.63) is 12.2 Å². The van der Waals surface area contributed by atoms with Gasteiger partial charge in [0.1, 0.15) is 0 Å². The largest absolute Gasteiger partial charge is 0.393 e. The van der Waals surface area contributed by atoms with Gasteiger partial charge >= 0.3 is 0 Å². The number of hydrogen-bond acceptors (Lipinski definition) is 1. The molecule has 0 aromatic rings. The van der Waals surface area contributed by atoms with E-state index in [1.165, 1.54) is 32.1 Å². The van der Waals surface area contributed by atoms with Crippen molar-refractivity contribution in [3.63, 3.8) is 0 Å². The number of hydrogen-bond donors (Lipinski definition) is 1. The molecule has 1 saturated carbocycles. The Balaban J connectivity index is 2.07. The maximum atomic E-state index is 9.06. The van der Waals surface area contributed by atoms with Crippen LogP contribution in [0.3, 0.4) is 0 Å². The summed E-state index contributed by atoms with van der Waals surface area (Å²) in [5.41, 5.74) is 0. The molecule has 0 aliphatic heterocycles. The second kappa shape index (κ2) is 6.20. The molecule has 0 radical (unpaired) electrons. The highest BCUT2D eigenvalue weighted by Crippen LogP contribution is 2.24. The van der Waals surface area contributed by atoms with Crippen LogP contribution < -0.4 is 0 Å². The lowest BCUT2D eigenvalue weighted by Gasteiger charge is -2.17. The molecule has 1 heteroatoms. The molecule has 0 saturated heterocycles. The second-order valence-electron chi connectivity index (χ2n) is 4.25. The maximum absolute atomic E-state index is 9.06. The van der Waals surface area contributed by atoms with Gasteiger partial charge in [-0.3, -0.25) is 0 Å². The summed E-state index contributed by atoms with van der Waals surface area (Å²) in [6.07, 6.45) is 13.4. The van der Waals surface area contributed by atoms with Gasteiger partial charge < -0.3 is 5.11 Å². The third kappa shape index (κ3) is 5.09. The molecule has 1 aliphatic carbocycles. The molecule has 76 valence electrons. The number of allylic oxidation sites excluding steroid dienone is 2.